The van der Waals surface area contributed by atoms with Gasteiger partial charge in [-0.1, -0.05) is 0 Å². The van der Waals surface area contributed by atoms with Crippen molar-refractivity contribution in [2.24, 2.45) is 0 Å². The molecule has 0 saturated heterocycles. The summed E-state index contributed by atoms with van der Waals surface area (Å²) < 4.78 is 5.80. The van der Waals surface area contributed by atoms with Gasteiger partial charge in [0.1, 0.15) is 11.4 Å². The fraction of sp³-hybridized carbons (Fsp3) is 0.500. The van der Waals surface area contributed by atoms with E-state index >= 15 is 0 Å². The highest BCUT2D eigenvalue weighted by Gasteiger charge is 2.30. The Morgan fingerprint density at radius 1 is 1.44 bits per heavy atom. The van der Waals surface area contributed by atoms with Crippen molar-refractivity contribution in [3.8, 4) is 5.75 Å². The first kappa shape index (κ1) is 12.9. The first-order chi connectivity index (χ1) is 8.41. The molecule has 4 heteroatoms. The highest BCUT2D eigenvalue weighted by Crippen LogP contribution is 2.36. The number of amides is 1. The Bertz CT molecular complexity index is 469. The lowest BCUT2D eigenvalue weighted by Gasteiger charge is -2.16. The molecule has 1 aromatic carbocycles. The molecule has 0 saturated carbocycles. The molecule has 1 amide bonds. The molecular formula is C14H20N2O2. The van der Waals surface area contributed by atoms with Crippen LogP contribution in [0.1, 0.15) is 26.3 Å². The van der Waals surface area contributed by atoms with Crippen LogP contribution in [0.3, 0.4) is 0 Å². The summed E-state index contributed by atoms with van der Waals surface area (Å²) in [4.78, 5) is 11.8. The quantitative estimate of drug-likeness (QED) is 0.859. The Labute approximate surface area is 108 Å². The van der Waals surface area contributed by atoms with Crippen LogP contribution in [0.25, 0.3) is 0 Å². The van der Waals surface area contributed by atoms with Crippen molar-refractivity contribution < 1.29 is 9.53 Å². The molecule has 2 rings (SSSR count). The minimum absolute atomic E-state index is 0.0318. The monoisotopic (exact) mass is 248 g/mol. The lowest BCUT2D eigenvalue weighted by molar-refractivity contribution is -0.117. The van der Waals surface area contributed by atoms with E-state index in [4.69, 9.17) is 4.74 Å². The Hall–Kier alpha value is -1.55. The number of carbonyl (C=O) groups is 1. The molecule has 1 heterocycles. The summed E-state index contributed by atoms with van der Waals surface area (Å²) >= 11 is 0. The third-order valence-corrected chi connectivity index (χ3v) is 3.16. The molecule has 1 aliphatic heterocycles. The van der Waals surface area contributed by atoms with Gasteiger partial charge in [-0.05, 0) is 46.0 Å². The van der Waals surface area contributed by atoms with Gasteiger partial charge in [0.15, 0.2) is 0 Å². The maximum absolute atomic E-state index is 11.8. The minimum Gasteiger partial charge on any atom is -0.487 e. The lowest BCUT2D eigenvalue weighted by atomic mass is 10.0. The van der Waals surface area contributed by atoms with Crippen molar-refractivity contribution in [1.82, 2.24) is 5.32 Å². The van der Waals surface area contributed by atoms with E-state index in [2.05, 4.69) is 24.5 Å². The Morgan fingerprint density at radius 3 is 2.83 bits per heavy atom. The van der Waals surface area contributed by atoms with E-state index in [1.54, 1.807) is 7.05 Å². The van der Waals surface area contributed by atoms with E-state index in [0.717, 1.165) is 23.4 Å². The molecule has 0 fully saturated rings. The molecule has 2 N–H and O–H groups in total. The molecule has 1 aliphatic rings. The first-order valence-electron chi connectivity index (χ1n) is 6.21. The minimum atomic E-state index is -0.203. The Morgan fingerprint density at radius 2 is 2.17 bits per heavy atom. The van der Waals surface area contributed by atoms with Crippen molar-refractivity contribution in [3.05, 3.63) is 23.8 Å². The standard InChI is InChI=1S/C14H20N2O2/c1-9(15-4)13(17)16-11-5-6-12-10(7-11)8-14(2,3)18-12/h5-7,9,15H,8H2,1-4H3,(H,16,17). The van der Waals surface area contributed by atoms with Gasteiger partial charge < -0.3 is 15.4 Å². The molecule has 0 aromatic heterocycles. The average molecular weight is 248 g/mol. The number of hydrogen-bond donors (Lipinski definition) is 2. The molecule has 1 unspecified atom stereocenters. The maximum Gasteiger partial charge on any atom is 0.241 e. The Balaban J connectivity index is 2.12. The Kier molecular flexibility index (Phi) is 3.30. The maximum atomic E-state index is 11.8. The van der Waals surface area contributed by atoms with Crippen LogP contribution >= 0.6 is 0 Å². The van der Waals surface area contributed by atoms with Gasteiger partial charge >= 0.3 is 0 Å². The zero-order valence-corrected chi connectivity index (χ0v) is 11.3. The lowest BCUT2D eigenvalue weighted by Crippen LogP contribution is -2.35. The number of rotatable bonds is 3. The third-order valence-electron chi connectivity index (χ3n) is 3.16. The van der Waals surface area contributed by atoms with Gasteiger partial charge in [0.05, 0.1) is 6.04 Å². The molecule has 1 aromatic rings. The van der Waals surface area contributed by atoms with E-state index in [0.29, 0.717) is 0 Å². The number of ether oxygens (including phenoxy) is 1. The van der Waals surface area contributed by atoms with Crippen LogP contribution in [0.15, 0.2) is 18.2 Å². The first-order valence-corrected chi connectivity index (χ1v) is 6.21. The SMILES string of the molecule is CNC(C)C(=O)Nc1ccc2c(c1)CC(C)(C)O2. The van der Waals surface area contributed by atoms with Crippen LogP contribution < -0.4 is 15.4 Å². The van der Waals surface area contributed by atoms with E-state index in [-0.39, 0.29) is 17.6 Å². The molecule has 0 bridgehead atoms. The van der Waals surface area contributed by atoms with Crippen molar-refractivity contribution in [2.45, 2.75) is 38.8 Å². The van der Waals surface area contributed by atoms with E-state index in [9.17, 15) is 4.79 Å². The number of likely N-dealkylation sites (N-methyl/N-ethyl adjacent to an activating group) is 1. The number of benzene rings is 1. The topological polar surface area (TPSA) is 50.4 Å². The van der Waals surface area contributed by atoms with Crippen LogP contribution in [0.4, 0.5) is 5.69 Å². The number of anilines is 1. The average Bonchev–Trinajstić information content (AvgIpc) is 2.61. The van der Waals surface area contributed by atoms with Crippen LogP contribution in [0.5, 0.6) is 5.75 Å². The summed E-state index contributed by atoms with van der Waals surface area (Å²) in [6.45, 7) is 5.96. The zero-order valence-electron chi connectivity index (χ0n) is 11.3. The van der Waals surface area contributed by atoms with Crippen LogP contribution in [0, 0.1) is 0 Å². The largest absolute Gasteiger partial charge is 0.487 e. The molecule has 0 radical (unpaired) electrons. The van der Waals surface area contributed by atoms with Crippen molar-refractivity contribution >= 4 is 11.6 Å². The second-order valence-corrected chi connectivity index (χ2v) is 5.36. The summed E-state index contributed by atoms with van der Waals surface area (Å²) in [5, 5.41) is 5.81. The van der Waals surface area contributed by atoms with E-state index < -0.39 is 0 Å². The van der Waals surface area contributed by atoms with E-state index in [1.165, 1.54) is 0 Å². The molecule has 1 atom stereocenters. The molecule has 4 nitrogen and oxygen atoms in total. The van der Waals surface area contributed by atoms with Gasteiger partial charge in [-0.25, -0.2) is 0 Å². The van der Waals surface area contributed by atoms with Gasteiger partial charge in [0.2, 0.25) is 5.91 Å². The molecule has 0 aliphatic carbocycles. The van der Waals surface area contributed by atoms with Crippen molar-refractivity contribution in [2.75, 3.05) is 12.4 Å². The van der Waals surface area contributed by atoms with Crippen LogP contribution in [-0.4, -0.2) is 24.6 Å². The molecule has 98 valence electrons. The summed E-state index contributed by atoms with van der Waals surface area (Å²) in [7, 11) is 1.77. The highest BCUT2D eigenvalue weighted by atomic mass is 16.5. The zero-order chi connectivity index (χ0) is 13.3. The summed E-state index contributed by atoms with van der Waals surface area (Å²) in [6.07, 6.45) is 0.869. The molecule has 0 spiro atoms. The fourth-order valence-corrected chi connectivity index (χ4v) is 2.07. The van der Waals surface area contributed by atoms with E-state index in [1.807, 2.05) is 25.1 Å². The summed E-state index contributed by atoms with van der Waals surface area (Å²) in [5.41, 5.74) is 1.82. The molecule has 18 heavy (non-hydrogen) atoms. The van der Waals surface area contributed by atoms with Crippen molar-refractivity contribution in [1.29, 1.82) is 0 Å². The van der Waals surface area contributed by atoms with Gasteiger partial charge in [0, 0.05) is 17.7 Å². The van der Waals surface area contributed by atoms with Gasteiger partial charge in [0.25, 0.3) is 0 Å². The van der Waals surface area contributed by atoms with Crippen molar-refractivity contribution in [3.63, 3.8) is 0 Å². The number of fused-ring (bicyclic) bond motifs is 1. The highest BCUT2D eigenvalue weighted by molar-refractivity contribution is 5.94. The fourth-order valence-electron chi connectivity index (χ4n) is 2.07. The number of hydrogen-bond acceptors (Lipinski definition) is 3. The summed E-state index contributed by atoms with van der Waals surface area (Å²) in [5.74, 6) is 0.885. The normalized spacial score (nSPS) is 17.8. The third kappa shape index (κ3) is 2.64. The van der Waals surface area contributed by atoms with Crippen LogP contribution in [-0.2, 0) is 11.2 Å². The van der Waals surface area contributed by atoms with Gasteiger partial charge in [-0.3, -0.25) is 4.79 Å². The second-order valence-electron chi connectivity index (χ2n) is 5.36. The second kappa shape index (κ2) is 4.61. The summed E-state index contributed by atoms with van der Waals surface area (Å²) in [6, 6.07) is 5.58. The van der Waals surface area contributed by atoms with Crippen LogP contribution in [0.2, 0.25) is 0 Å². The predicted octanol–water partition coefficient (Wildman–Crippen LogP) is 1.95. The number of nitrogens with one attached hydrogen (secondary N) is 2. The predicted molar refractivity (Wildman–Crippen MR) is 72.0 cm³/mol. The van der Waals surface area contributed by atoms with Gasteiger partial charge in [-0.2, -0.15) is 0 Å². The van der Waals surface area contributed by atoms with Gasteiger partial charge in [-0.15, -0.1) is 0 Å². The number of carbonyl (C=O) groups excluding carboxylic acids is 1. The smallest absolute Gasteiger partial charge is 0.241 e. The molecular weight excluding hydrogens is 228 g/mol.